The van der Waals surface area contributed by atoms with Gasteiger partial charge in [-0.2, -0.15) is 5.10 Å². The van der Waals surface area contributed by atoms with Crippen molar-refractivity contribution in [2.75, 3.05) is 19.0 Å². The SMILES string of the molecule is COCC(=O)Nc1n[nH]c2cc(-c3ccc(F)c(Cl)c3)ccc12. The average Bonchev–Trinajstić information content (AvgIpc) is 2.92. The fourth-order valence-electron chi connectivity index (χ4n) is 2.27. The second-order valence-electron chi connectivity index (χ2n) is 4.94. The summed E-state index contributed by atoms with van der Waals surface area (Å²) in [5.74, 6) is -0.304. The van der Waals surface area contributed by atoms with Crippen LogP contribution in [-0.4, -0.2) is 29.8 Å². The summed E-state index contributed by atoms with van der Waals surface area (Å²) in [5, 5.41) is 10.4. The first-order chi connectivity index (χ1) is 11.1. The molecule has 3 rings (SSSR count). The third kappa shape index (κ3) is 3.18. The van der Waals surface area contributed by atoms with Crippen LogP contribution in [0.4, 0.5) is 10.2 Å². The number of nitrogens with zero attached hydrogens (tertiary/aromatic N) is 1. The van der Waals surface area contributed by atoms with Crippen LogP contribution in [0.3, 0.4) is 0 Å². The van der Waals surface area contributed by atoms with Gasteiger partial charge in [0.05, 0.1) is 10.5 Å². The Labute approximate surface area is 136 Å². The van der Waals surface area contributed by atoms with Gasteiger partial charge >= 0.3 is 0 Å². The van der Waals surface area contributed by atoms with E-state index in [1.54, 1.807) is 12.1 Å². The van der Waals surface area contributed by atoms with E-state index in [4.69, 9.17) is 16.3 Å². The summed E-state index contributed by atoms with van der Waals surface area (Å²) >= 11 is 5.82. The molecule has 0 bridgehead atoms. The van der Waals surface area contributed by atoms with Crippen molar-refractivity contribution in [2.45, 2.75) is 0 Å². The normalized spacial score (nSPS) is 10.9. The molecule has 0 saturated carbocycles. The number of benzene rings is 2. The van der Waals surface area contributed by atoms with Gasteiger partial charge in [0.1, 0.15) is 12.4 Å². The number of nitrogens with one attached hydrogen (secondary N) is 2. The second-order valence-corrected chi connectivity index (χ2v) is 5.35. The zero-order valence-electron chi connectivity index (χ0n) is 12.2. The van der Waals surface area contributed by atoms with Crippen molar-refractivity contribution in [3.63, 3.8) is 0 Å². The first-order valence-corrected chi connectivity index (χ1v) is 7.18. The minimum absolute atomic E-state index is 0.0412. The zero-order chi connectivity index (χ0) is 16.4. The number of hydrogen-bond donors (Lipinski definition) is 2. The summed E-state index contributed by atoms with van der Waals surface area (Å²) in [7, 11) is 1.45. The second kappa shape index (κ2) is 6.36. The molecule has 118 valence electrons. The Morgan fingerprint density at radius 1 is 1.30 bits per heavy atom. The summed E-state index contributed by atoms with van der Waals surface area (Å²) in [5.41, 5.74) is 2.39. The van der Waals surface area contributed by atoms with Crippen LogP contribution in [0.2, 0.25) is 5.02 Å². The van der Waals surface area contributed by atoms with Crippen LogP contribution in [0.1, 0.15) is 0 Å². The minimum Gasteiger partial charge on any atom is -0.375 e. The van der Waals surface area contributed by atoms with Crippen molar-refractivity contribution in [3.8, 4) is 11.1 Å². The maximum absolute atomic E-state index is 13.3. The lowest BCUT2D eigenvalue weighted by atomic mass is 10.0. The van der Waals surface area contributed by atoms with Gasteiger partial charge in [-0.3, -0.25) is 9.89 Å². The van der Waals surface area contributed by atoms with E-state index in [2.05, 4.69) is 15.5 Å². The van der Waals surface area contributed by atoms with E-state index in [0.29, 0.717) is 5.82 Å². The number of carbonyl (C=O) groups is 1. The van der Waals surface area contributed by atoms with Gasteiger partial charge in [-0.15, -0.1) is 0 Å². The number of rotatable bonds is 4. The fraction of sp³-hybridized carbons (Fsp3) is 0.125. The summed E-state index contributed by atoms with van der Waals surface area (Å²) in [6.07, 6.45) is 0. The van der Waals surface area contributed by atoms with Gasteiger partial charge in [-0.05, 0) is 35.4 Å². The van der Waals surface area contributed by atoms with Gasteiger partial charge in [0, 0.05) is 12.5 Å². The molecule has 0 atom stereocenters. The van der Waals surface area contributed by atoms with Crippen molar-refractivity contribution in [1.82, 2.24) is 10.2 Å². The Bertz CT molecular complexity index is 879. The number of aromatic nitrogens is 2. The number of halogens is 2. The molecule has 0 aliphatic carbocycles. The van der Waals surface area contributed by atoms with Gasteiger partial charge in [-0.25, -0.2) is 4.39 Å². The number of carbonyl (C=O) groups excluding carboxylic acids is 1. The molecule has 23 heavy (non-hydrogen) atoms. The molecule has 1 heterocycles. The van der Waals surface area contributed by atoms with E-state index in [9.17, 15) is 9.18 Å². The largest absolute Gasteiger partial charge is 0.375 e. The minimum atomic E-state index is -0.457. The standard InChI is InChI=1S/C16H13ClFN3O2/c1-23-8-15(22)19-16-11-4-2-10(7-14(11)20-21-16)9-3-5-13(18)12(17)6-9/h2-7H,8H2,1H3,(H2,19,20,21,22). The van der Waals surface area contributed by atoms with Crippen LogP contribution < -0.4 is 5.32 Å². The highest BCUT2D eigenvalue weighted by molar-refractivity contribution is 6.31. The summed E-state index contributed by atoms with van der Waals surface area (Å²) in [4.78, 5) is 11.6. The lowest BCUT2D eigenvalue weighted by molar-refractivity contribution is -0.119. The van der Waals surface area contributed by atoms with E-state index in [1.165, 1.54) is 13.2 Å². The molecular weight excluding hydrogens is 321 g/mol. The number of aromatic amines is 1. The highest BCUT2D eigenvalue weighted by Gasteiger charge is 2.11. The number of hydrogen-bond acceptors (Lipinski definition) is 3. The van der Waals surface area contributed by atoms with Gasteiger partial charge in [0.2, 0.25) is 0 Å². The number of amides is 1. The van der Waals surface area contributed by atoms with E-state index in [0.717, 1.165) is 22.0 Å². The predicted molar refractivity (Wildman–Crippen MR) is 87.0 cm³/mol. The van der Waals surface area contributed by atoms with Gasteiger partial charge in [0.25, 0.3) is 5.91 Å². The van der Waals surface area contributed by atoms with Crippen molar-refractivity contribution in [3.05, 3.63) is 47.2 Å². The van der Waals surface area contributed by atoms with Gasteiger partial charge < -0.3 is 10.1 Å². The lowest BCUT2D eigenvalue weighted by Crippen LogP contribution is -2.17. The Morgan fingerprint density at radius 2 is 2.04 bits per heavy atom. The first-order valence-electron chi connectivity index (χ1n) is 6.81. The average molecular weight is 334 g/mol. The molecule has 0 radical (unpaired) electrons. The predicted octanol–water partition coefficient (Wildman–Crippen LogP) is 3.61. The van der Waals surface area contributed by atoms with E-state index in [-0.39, 0.29) is 17.5 Å². The summed E-state index contributed by atoms with van der Waals surface area (Å²) in [6.45, 7) is -0.0412. The number of H-pyrrole nitrogens is 1. The molecule has 0 fully saturated rings. The molecule has 1 amide bonds. The lowest BCUT2D eigenvalue weighted by Gasteiger charge is -2.04. The Kier molecular flexibility index (Phi) is 4.27. The molecule has 3 aromatic rings. The van der Waals surface area contributed by atoms with Gasteiger partial charge in [-0.1, -0.05) is 23.7 Å². The fourth-order valence-corrected chi connectivity index (χ4v) is 2.45. The summed E-state index contributed by atoms with van der Waals surface area (Å²) in [6, 6.07) is 10.1. The third-order valence-corrected chi connectivity index (χ3v) is 3.64. The number of fused-ring (bicyclic) bond motifs is 1. The number of anilines is 1. The molecule has 7 heteroatoms. The Morgan fingerprint density at radius 3 is 2.78 bits per heavy atom. The van der Waals surface area contributed by atoms with E-state index >= 15 is 0 Å². The molecule has 0 aliphatic rings. The summed E-state index contributed by atoms with van der Waals surface area (Å²) < 4.78 is 18.0. The van der Waals surface area contributed by atoms with E-state index < -0.39 is 5.82 Å². The molecule has 0 spiro atoms. The number of methoxy groups -OCH3 is 1. The molecule has 1 aromatic heterocycles. The van der Waals surface area contributed by atoms with Crippen LogP contribution in [0.15, 0.2) is 36.4 Å². The van der Waals surface area contributed by atoms with Crippen LogP contribution >= 0.6 is 11.6 Å². The quantitative estimate of drug-likeness (QED) is 0.766. The maximum atomic E-state index is 13.3. The van der Waals surface area contributed by atoms with Crippen LogP contribution in [0.5, 0.6) is 0 Å². The maximum Gasteiger partial charge on any atom is 0.251 e. The van der Waals surface area contributed by atoms with Gasteiger partial charge in [0.15, 0.2) is 5.82 Å². The zero-order valence-corrected chi connectivity index (χ0v) is 12.9. The molecule has 0 unspecified atom stereocenters. The number of ether oxygens (including phenoxy) is 1. The Balaban J connectivity index is 1.94. The smallest absolute Gasteiger partial charge is 0.251 e. The monoisotopic (exact) mass is 333 g/mol. The molecular formula is C16H13ClFN3O2. The third-order valence-electron chi connectivity index (χ3n) is 3.35. The molecule has 0 aliphatic heterocycles. The molecule has 5 nitrogen and oxygen atoms in total. The van der Waals surface area contributed by atoms with Crippen molar-refractivity contribution >= 4 is 34.2 Å². The first kappa shape index (κ1) is 15.5. The van der Waals surface area contributed by atoms with Crippen LogP contribution in [-0.2, 0) is 9.53 Å². The molecule has 2 aromatic carbocycles. The highest BCUT2D eigenvalue weighted by Crippen LogP contribution is 2.29. The Hall–Kier alpha value is -2.44. The van der Waals surface area contributed by atoms with E-state index in [1.807, 2.05) is 18.2 Å². The molecule has 0 saturated heterocycles. The molecule has 2 N–H and O–H groups in total. The van der Waals surface area contributed by atoms with Crippen LogP contribution in [0.25, 0.3) is 22.0 Å². The topological polar surface area (TPSA) is 67.0 Å². The van der Waals surface area contributed by atoms with Crippen LogP contribution in [0, 0.1) is 5.82 Å². The highest BCUT2D eigenvalue weighted by atomic mass is 35.5. The van der Waals surface area contributed by atoms with Crippen molar-refractivity contribution < 1.29 is 13.9 Å². The van der Waals surface area contributed by atoms with Crippen molar-refractivity contribution in [1.29, 1.82) is 0 Å². The van der Waals surface area contributed by atoms with Crippen molar-refractivity contribution in [2.24, 2.45) is 0 Å².